The molecule has 3 fully saturated rings. The van der Waals surface area contributed by atoms with E-state index in [0.29, 0.717) is 28.9 Å². The van der Waals surface area contributed by atoms with E-state index in [2.05, 4.69) is 6.92 Å². The Morgan fingerprint density at radius 2 is 2.12 bits per heavy atom. The van der Waals surface area contributed by atoms with Crippen LogP contribution in [0.25, 0.3) is 0 Å². The van der Waals surface area contributed by atoms with E-state index in [1.807, 2.05) is 12.1 Å². The molecule has 0 saturated heterocycles. The van der Waals surface area contributed by atoms with Crippen LogP contribution in [0.3, 0.4) is 0 Å². The van der Waals surface area contributed by atoms with Gasteiger partial charge >= 0.3 is 10.3 Å². The van der Waals surface area contributed by atoms with Crippen molar-refractivity contribution >= 4 is 10.3 Å². The summed E-state index contributed by atoms with van der Waals surface area (Å²) in [5, 5.41) is 15.6. The molecule has 25 heavy (non-hydrogen) atoms. The molecule has 3 saturated carbocycles. The first-order chi connectivity index (χ1) is 11.7. The molecule has 6 atom stereocenters. The summed E-state index contributed by atoms with van der Waals surface area (Å²) in [7, 11) is -3.98. The average Bonchev–Trinajstić information content (AvgIpc) is 3.18. The Balaban J connectivity index is 1.50. The molecule has 0 aromatic heterocycles. The van der Waals surface area contributed by atoms with Crippen LogP contribution in [0.1, 0.15) is 56.1 Å². The Bertz CT molecular complexity index is 853. The first kappa shape index (κ1) is 16.1. The maximum atomic E-state index is 11.2. The summed E-state index contributed by atoms with van der Waals surface area (Å²) >= 11 is 0. The summed E-state index contributed by atoms with van der Waals surface area (Å²) < 4.78 is 27.2. The van der Waals surface area contributed by atoms with Gasteiger partial charge in [0.1, 0.15) is 5.75 Å². The minimum absolute atomic E-state index is 0.0903. The van der Waals surface area contributed by atoms with Crippen molar-refractivity contribution in [3.05, 3.63) is 29.3 Å². The van der Waals surface area contributed by atoms with E-state index in [-0.39, 0.29) is 11.5 Å². The highest BCUT2D eigenvalue weighted by molar-refractivity contribution is 7.84. The van der Waals surface area contributed by atoms with Crippen LogP contribution < -0.4 is 9.32 Å². The van der Waals surface area contributed by atoms with Gasteiger partial charge in [0.2, 0.25) is 0 Å². The van der Waals surface area contributed by atoms with E-state index < -0.39 is 10.3 Å². The zero-order chi connectivity index (χ0) is 17.6. The monoisotopic (exact) mass is 363 g/mol. The summed E-state index contributed by atoms with van der Waals surface area (Å²) in [5.74, 6) is 2.17. The van der Waals surface area contributed by atoms with Gasteiger partial charge in [0, 0.05) is 0 Å². The number of fused-ring (bicyclic) bond motifs is 3. The predicted molar refractivity (Wildman–Crippen MR) is 93.2 cm³/mol. The van der Waals surface area contributed by atoms with Gasteiger partial charge in [-0.25, -0.2) is 0 Å². The van der Waals surface area contributed by atoms with Crippen molar-refractivity contribution in [1.82, 2.24) is 0 Å². The number of rotatable bonds is 2. The van der Waals surface area contributed by atoms with Crippen LogP contribution in [0.4, 0.5) is 0 Å². The third-order valence-corrected chi connectivity index (χ3v) is 8.46. The van der Waals surface area contributed by atoms with Crippen molar-refractivity contribution in [3.8, 4) is 5.75 Å². The number of hydrogen-bond acceptors (Lipinski definition) is 4. The second-order valence-corrected chi connectivity index (χ2v) is 9.99. The van der Waals surface area contributed by atoms with Crippen molar-refractivity contribution in [3.63, 3.8) is 0 Å². The minimum atomic E-state index is -3.98. The van der Waals surface area contributed by atoms with Crippen LogP contribution in [-0.2, 0) is 16.7 Å². The van der Waals surface area contributed by atoms with Gasteiger partial charge in [-0.3, -0.25) is 0 Å². The average molecular weight is 363 g/mol. The summed E-state index contributed by atoms with van der Waals surface area (Å²) in [6.45, 7) is 2.32. The molecule has 1 aromatic rings. The van der Waals surface area contributed by atoms with Gasteiger partial charge in [-0.1, -0.05) is 13.0 Å². The first-order valence-electron chi connectivity index (χ1n) is 9.28. The third-order valence-electron chi connectivity index (χ3n) is 8.03. The molecule has 3 N–H and O–H groups in total. The zero-order valence-corrected chi connectivity index (χ0v) is 15.3. The molecule has 136 valence electrons. The maximum absolute atomic E-state index is 11.2. The van der Waals surface area contributed by atoms with Crippen molar-refractivity contribution in [2.75, 3.05) is 0 Å². The van der Waals surface area contributed by atoms with Crippen LogP contribution in [0.15, 0.2) is 18.2 Å². The van der Waals surface area contributed by atoms with Gasteiger partial charge in [-0.05, 0) is 90.4 Å². The lowest BCUT2D eigenvalue weighted by atomic mass is 9.52. The number of aliphatic hydroxyl groups excluding tert-OH is 1. The highest BCUT2D eigenvalue weighted by Crippen LogP contribution is 2.81. The molecule has 5 nitrogen and oxygen atoms in total. The van der Waals surface area contributed by atoms with Crippen LogP contribution >= 0.6 is 0 Å². The zero-order valence-electron chi connectivity index (χ0n) is 14.4. The topological polar surface area (TPSA) is 89.6 Å². The number of nitrogens with two attached hydrogens (primary N) is 1. The van der Waals surface area contributed by atoms with E-state index in [0.717, 1.165) is 32.1 Å². The van der Waals surface area contributed by atoms with Crippen LogP contribution in [-0.4, -0.2) is 19.6 Å². The number of benzene rings is 1. The fourth-order valence-electron chi connectivity index (χ4n) is 6.96. The lowest BCUT2D eigenvalue weighted by Crippen LogP contribution is -2.47. The van der Waals surface area contributed by atoms with E-state index in [9.17, 15) is 13.5 Å². The Morgan fingerprint density at radius 3 is 2.88 bits per heavy atom. The van der Waals surface area contributed by atoms with Crippen molar-refractivity contribution in [1.29, 1.82) is 0 Å². The van der Waals surface area contributed by atoms with Gasteiger partial charge in [0.15, 0.2) is 0 Å². The molecule has 0 amide bonds. The molecule has 1 aromatic carbocycles. The Kier molecular flexibility index (Phi) is 3.08. The van der Waals surface area contributed by atoms with Gasteiger partial charge < -0.3 is 9.29 Å². The predicted octanol–water partition coefficient (Wildman–Crippen LogP) is 2.49. The normalized spacial score (nSPS) is 44.3. The summed E-state index contributed by atoms with van der Waals surface area (Å²) in [6, 6.07) is 5.61. The standard InChI is InChI=1S/C19H25NO4S/c1-18-7-6-15-14-4-3-13(24-25(20,22)23)8-11(14)2-5-16(15)19(18)10-12(19)9-17(18)21/h3-4,8,12,15-17,21H,2,5-7,9-10H2,1H3,(H2,20,22,23)/t12-,15-,16-,17-,18-,19+/m1/s1. The molecule has 0 heterocycles. The second-order valence-electron chi connectivity index (χ2n) is 8.84. The molecule has 0 radical (unpaired) electrons. The van der Waals surface area contributed by atoms with E-state index in [1.165, 1.54) is 17.5 Å². The summed E-state index contributed by atoms with van der Waals surface area (Å²) in [6.07, 6.45) is 6.38. The Labute approximate surface area is 148 Å². The molecule has 6 heteroatoms. The van der Waals surface area contributed by atoms with Gasteiger partial charge in [-0.2, -0.15) is 13.6 Å². The molecule has 1 spiro atoms. The van der Waals surface area contributed by atoms with Crippen LogP contribution in [0, 0.1) is 22.7 Å². The van der Waals surface area contributed by atoms with Gasteiger partial charge in [0.25, 0.3) is 0 Å². The number of aliphatic hydroxyl groups is 1. The van der Waals surface area contributed by atoms with Crippen molar-refractivity contribution < 1.29 is 17.7 Å². The minimum Gasteiger partial charge on any atom is -0.393 e. The molecule has 0 bridgehead atoms. The quantitative estimate of drug-likeness (QED) is 0.845. The third kappa shape index (κ3) is 2.04. The second kappa shape index (κ2) is 4.78. The lowest BCUT2D eigenvalue weighted by Gasteiger charge is -2.52. The maximum Gasteiger partial charge on any atom is 0.380 e. The number of aryl methyl sites for hydroxylation is 1. The van der Waals surface area contributed by atoms with E-state index in [4.69, 9.17) is 9.32 Å². The van der Waals surface area contributed by atoms with E-state index in [1.54, 1.807) is 6.07 Å². The fraction of sp³-hybridized carbons (Fsp3) is 0.684. The van der Waals surface area contributed by atoms with Gasteiger partial charge in [0.05, 0.1) is 6.10 Å². The lowest BCUT2D eigenvalue weighted by molar-refractivity contribution is -0.0558. The highest BCUT2D eigenvalue weighted by Gasteiger charge is 2.76. The van der Waals surface area contributed by atoms with Crippen LogP contribution in [0.2, 0.25) is 0 Å². The SMILES string of the molecule is C[C@]12CC[C@@H]3c4ccc(OS(N)(=O)=O)cc4CC[C@H]3[C@@]13C[C@H]3C[C@H]2O. The van der Waals surface area contributed by atoms with Gasteiger partial charge in [-0.15, -0.1) is 0 Å². The molecule has 0 aliphatic heterocycles. The molecule has 5 rings (SSSR count). The smallest absolute Gasteiger partial charge is 0.380 e. The molecule has 4 aliphatic rings. The number of hydrogen-bond donors (Lipinski definition) is 2. The summed E-state index contributed by atoms with van der Waals surface area (Å²) in [4.78, 5) is 0. The highest BCUT2D eigenvalue weighted by atomic mass is 32.2. The molecule has 4 aliphatic carbocycles. The van der Waals surface area contributed by atoms with Crippen LogP contribution in [0.5, 0.6) is 5.75 Å². The molecular formula is C19H25NO4S. The fourth-order valence-corrected chi connectivity index (χ4v) is 7.33. The van der Waals surface area contributed by atoms with E-state index >= 15 is 0 Å². The first-order valence-corrected chi connectivity index (χ1v) is 10.7. The molecular weight excluding hydrogens is 338 g/mol. The van der Waals surface area contributed by atoms with Crippen molar-refractivity contribution in [2.24, 2.45) is 27.8 Å². The largest absolute Gasteiger partial charge is 0.393 e. The summed E-state index contributed by atoms with van der Waals surface area (Å²) in [5.41, 5.74) is 2.97. The Hall–Kier alpha value is -1.11. The molecule has 0 unspecified atom stereocenters. The Morgan fingerprint density at radius 1 is 1.32 bits per heavy atom. The van der Waals surface area contributed by atoms with Crippen molar-refractivity contribution in [2.45, 2.75) is 57.5 Å².